The van der Waals surface area contributed by atoms with Gasteiger partial charge in [0.1, 0.15) is 6.07 Å². The van der Waals surface area contributed by atoms with Gasteiger partial charge in [-0.3, -0.25) is 0 Å². The van der Waals surface area contributed by atoms with Gasteiger partial charge in [0.15, 0.2) is 5.75 Å². The van der Waals surface area contributed by atoms with Gasteiger partial charge in [-0.15, -0.1) is 11.3 Å². The largest absolute Gasteiger partial charge is 0.491 e. The summed E-state index contributed by atoms with van der Waals surface area (Å²) >= 11 is 1.61. The second kappa shape index (κ2) is 6.86. The van der Waals surface area contributed by atoms with Crippen molar-refractivity contribution in [3.05, 3.63) is 40.5 Å². The molecule has 0 fully saturated rings. The van der Waals surface area contributed by atoms with Crippen LogP contribution in [0, 0.1) is 18.3 Å². The van der Waals surface area contributed by atoms with Crippen LogP contribution in [0.25, 0.3) is 5.57 Å². The zero-order valence-corrected chi connectivity index (χ0v) is 12.7. The molecule has 21 heavy (non-hydrogen) atoms. The number of aryl methyl sites for hydroxylation is 1. The van der Waals surface area contributed by atoms with Crippen molar-refractivity contribution in [2.24, 2.45) is 0 Å². The monoisotopic (exact) mass is 301 g/mol. The van der Waals surface area contributed by atoms with E-state index in [1.807, 2.05) is 18.5 Å². The van der Waals surface area contributed by atoms with Gasteiger partial charge < -0.3 is 9.47 Å². The number of thiazole rings is 1. The summed E-state index contributed by atoms with van der Waals surface area (Å²) in [5, 5.41) is 8.87. The van der Waals surface area contributed by atoms with E-state index in [0.717, 1.165) is 12.1 Å². The Kier molecular flexibility index (Phi) is 4.90. The van der Waals surface area contributed by atoms with Gasteiger partial charge in [0.2, 0.25) is 0 Å². The fraction of sp³-hybridized carbons (Fsp3) is 0.267. The Bertz CT molecular complexity index is 688. The summed E-state index contributed by atoms with van der Waals surface area (Å²) < 4.78 is 10.9. The normalized spacial score (nSPS) is 9.95. The summed E-state index contributed by atoms with van der Waals surface area (Å²) in [7, 11) is 1.55. The average molecular weight is 301 g/mol. The molecule has 0 N–H and O–H groups in total. The van der Waals surface area contributed by atoms with Crippen molar-refractivity contribution in [1.29, 1.82) is 5.26 Å². The van der Waals surface area contributed by atoms with Gasteiger partial charge in [0.25, 0.3) is 5.88 Å². The number of pyridine rings is 1. The molecule has 108 valence electrons. The van der Waals surface area contributed by atoms with Crippen molar-refractivity contribution >= 4 is 16.9 Å². The lowest BCUT2D eigenvalue weighted by Gasteiger charge is -2.10. The molecule has 5 nitrogen and oxygen atoms in total. The number of hydrogen-bond donors (Lipinski definition) is 0. The highest BCUT2D eigenvalue weighted by Crippen LogP contribution is 2.26. The Balaban J connectivity index is 2.09. The topological polar surface area (TPSA) is 68.0 Å². The second-order valence-corrected chi connectivity index (χ2v) is 5.19. The molecule has 0 radical (unpaired) electrons. The van der Waals surface area contributed by atoms with E-state index in [-0.39, 0.29) is 0 Å². The number of allylic oxidation sites excluding steroid dienone is 1. The van der Waals surface area contributed by atoms with Crippen LogP contribution in [-0.2, 0) is 6.42 Å². The third-order valence-corrected chi connectivity index (χ3v) is 3.90. The molecule has 0 unspecified atom stereocenters. The SMILES string of the molecule is C=C(C#N)c1ccc(OC)c(OCCc2scnc2C)n1. The highest BCUT2D eigenvalue weighted by atomic mass is 32.1. The first-order valence-electron chi connectivity index (χ1n) is 6.32. The number of hydrogen-bond acceptors (Lipinski definition) is 6. The number of ether oxygens (including phenoxy) is 2. The van der Waals surface area contributed by atoms with Crippen molar-refractivity contribution in [2.75, 3.05) is 13.7 Å². The predicted octanol–water partition coefficient (Wildman–Crippen LogP) is 3.01. The summed E-state index contributed by atoms with van der Waals surface area (Å²) in [4.78, 5) is 9.66. The van der Waals surface area contributed by atoms with Crippen molar-refractivity contribution in [2.45, 2.75) is 13.3 Å². The molecule has 2 heterocycles. The first-order valence-corrected chi connectivity index (χ1v) is 7.20. The van der Waals surface area contributed by atoms with Crippen molar-refractivity contribution in [1.82, 2.24) is 9.97 Å². The smallest absolute Gasteiger partial charge is 0.257 e. The van der Waals surface area contributed by atoms with Crippen LogP contribution in [-0.4, -0.2) is 23.7 Å². The first kappa shape index (κ1) is 15.0. The minimum Gasteiger partial charge on any atom is -0.491 e. The molecular formula is C15H15N3O2S. The Morgan fingerprint density at radius 3 is 2.90 bits per heavy atom. The first-order chi connectivity index (χ1) is 10.2. The van der Waals surface area contributed by atoms with E-state index in [4.69, 9.17) is 14.7 Å². The third-order valence-electron chi connectivity index (χ3n) is 2.90. The van der Waals surface area contributed by atoms with Crippen LogP contribution < -0.4 is 9.47 Å². The molecule has 0 spiro atoms. The number of rotatable bonds is 6. The van der Waals surface area contributed by atoms with Crippen LogP contribution in [0.2, 0.25) is 0 Å². The molecule has 0 aliphatic heterocycles. The number of nitrogens with zero attached hydrogens (tertiary/aromatic N) is 3. The molecule has 2 aromatic heterocycles. The quantitative estimate of drug-likeness (QED) is 0.767. The van der Waals surface area contributed by atoms with Crippen LogP contribution >= 0.6 is 11.3 Å². The van der Waals surface area contributed by atoms with Gasteiger partial charge in [-0.1, -0.05) is 6.58 Å². The van der Waals surface area contributed by atoms with Gasteiger partial charge >= 0.3 is 0 Å². The Morgan fingerprint density at radius 1 is 1.48 bits per heavy atom. The molecule has 0 bridgehead atoms. The zero-order chi connectivity index (χ0) is 15.2. The predicted molar refractivity (Wildman–Crippen MR) is 81.5 cm³/mol. The maximum Gasteiger partial charge on any atom is 0.257 e. The second-order valence-electron chi connectivity index (χ2n) is 4.25. The highest BCUT2D eigenvalue weighted by molar-refractivity contribution is 7.09. The standard InChI is InChI=1S/C15H15N3O2S/c1-10(8-16)12-4-5-13(19-3)15(18-12)20-7-6-14-11(2)17-9-21-14/h4-5,9H,1,6-7H2,2-3H3. The molecule has 0 aliphatic rings. The van der Waals surface area contributed by atoms with Crippen LogP contribution in [0.1, 0.15) is 16.3 Å². The Hall–Kier alpha value is -2.39. The number of methoxy groups -OCH3 is 1. The summed E-state index contributed by atoms with van der Waals surface area (Å²) in [5.41, 5.74) is 3.62. The molecular weight excluding hydrogens is 286 g/mol. The van der Waals surface area contributed by atoms with E-state index in [0.29, 0.717) is 29.5 Å². The van der Waals surface area contributed by atoms with E-state index >= 15 is 0 Å². The fourth-order valence-corrected chi connectivity index (χ4v) is 2.48. The van der Waals surface area contributed by atoms with E-state index in [9.17, 15) is 0 Å². The van der Waals surface area contributed by atoms with Crippen molar-refractivity contribution < 1.29 is 9.47 Å². The maximum atomic E-state index is 8.87. The van der Waals surface area contributed by atoms with Gasteiger partial charge in [-0.2, -0.15) is 5.26 Å². The average Bonchev–Trinajstić information content (AvgIpc) is 2.91. The Labute approximate surface area is 127 Å². The lowest BCUT2D eigenvalue weighted by atomic mass is 10.2. The zero-order valence-electron chi connectivity index (χ0n) is 11.9. The summed E-state index contributed by atoms with van der Waals surface area (Å²) in [6, 6.07) is 5.38. The summed E-state index contributed by atoms with van der Waals surface area (Å²) in [6.45, 7) is 6.09. The summed E-state index contributed by atoms with van der Waals surface area (Å²) in [5.74, 6) is 0.902. The van der Waals surface area contributed by atoms with E-state index in [2.05, 4.69) is 16.5 Å². The van der Waals surface area contributed by atoms with Gasteiger partial charge in [-0.25, -0.2) is 9.97 Å². The molecule has 2 aromatic rings. The third kappa shape index (κ3) is 3.58. The maximum absolute atomic E-state index is 8.87. The molecule has 0 saturated carbocycles. The van der Waals surface area contributed by atoms with Crippen LogP contribution in [0.5, 0.6) is 11.6 Å². The minimum absolute atomic E-state index is 0.292. The minimum atomic E-state index is 0.292. The van der Waals surface area contributed by atoms with Gasteiger partial charge in [0, 0.05) is 11.3 Å². The number of aromatic nitrogens is 2. The van der Waals surface area contributed by atoms with E-state index in [1.165, 1.54) is 4.88 Å². The lowest BCUT2D eigenvalue weighted by molar-refractivity contribution is 0.286. The lowest BCUT2D eigenvalue weighted by Crippen LogP contribution is -2.05. The van der Waals surface area contributed by atoms with Gasteiger partial charge in [-0.05, 0) is 19.1 Å². The van der Waals surface area contributed by atoms with Crippen LogP contribution in [0.4, 0.5) is 0 Å². The van der Waals surface area contributed by atoms with E-state index in [1.54, 1.807) is 30.6 Å². The fourth-order valence-electron chi connectivity index (χ4n) is 1.72. The number of nitriles is 1. The molecule has 2 rings (SSSR count). The highest BCUT2D eigenvalue weighted by Gasteiger charge is 2.10. The van der Waals surface area contributed by atoms with Crippen LogP contribution in [0.3, 0.4) is 0 Å². The Morgan fingerprint density at radius 2 is 2.29 bits per heavy atom. The molecule has 0 saturated heterocycles. The van der Waals surface area contributed by atoms with E-state index < -0.39 is 0 Å². The van der Waals surface area contributed by atoms with Crippen molar-refractivity contribution in [3.8, 4) is 17.7 Å². The molecule has 0 atom stereocenters. The molecule has 0 amide bonds. The molecule has 0 aliphatic carbocycles. The molecule has 6 heteroatoms. The molecule has 0 aromatic carbocycles. The van der Waals surface area contributed by atoms with Gasteiger partial charge in [0.05, 0.1) is 36.2 Å². The summed E-state index contributed by atoms with van der Waals surface area (Å²) in [6.07, 6.45) is 0.755. The van der Waals surface area contributed by atoms with Crippen LogP contribution in [0.15, 0.2) is 24.2 Å². The van der Waals surface area contributed by atoms with Crippen molar-refractivity contribution in [3.63, 3.8) is 0 Å².